The Bertz CT molecular complexity index is 751. The van der Waals surface area contributed by atoms with Gasteiger partial charge in [0.2, 0.25) is 10.0 Å². The Morgan fingerprint density at radius 3 is 2.86 bits per heavy atom. The number of aliphatic hydroxyl groups is 1. The smallest absolute Gasteiger partial charge is 0.242 e. The fourth-order valence-corrected chi connectivity index (χ4v) is 5.93. The molecule has 1 aliphatic rings. The number of aliphatic hydroxyl groups excluding tert-OH is 1. The molecule has 0 spiro atoms. The second-order valence-electron chi connectivity index (χ2n) is 5.52. The van der Waals surface area contributed by atoms with Crippen LogP contribution in [0.2, 0.25) is 0 Å². The van der Waals surface area contributed by atoms with Crippen molar-refractivity contribution in [2.24, 2.45) is 5.92 Å². The van der Waals surface area contributed by atoms with Crippen LogP contribution in [0.5, 0.6) is 0 Å². The summed E-state index contributed by atoms with van der Waals surface area (Å²) in [5, 5.41) is 10.2. The fourth-order valence-electron chi connectivity index (χ4n) is 2.81. The number of nitrogens with one attached hydrogen (secondary N) is 1. The molecule has 1 heterocycles. The monoisotopic (exact) mass is 325 g/mol. The minimum absolute atomic E-state index is 0.0557. The van der Waals surface area contributed by atoms with Crippen molar-refractivity contribution in [2.75, 3.05) is 0 Å². The van der Waals surface area contributed by atoms with Crippen molar-refractivity contribution in [2.45, 2.75) is 43.7 Å². The topological polar surface area (TPSA) is 66.4 Å². The van der Waals surface area contributed by atoms with Gasteiger partial charge >= 0.3 is 0 Å². The Hall–Kier alpha value is -0.950. The fraction of sp³-hybridized carbons (Fsp3) is 0.467. The van der Waals surface area contributed by atoms with Gasteiger partial charge in [0, 0.05) is 16.1 Å². The van der Waals surface area contributed by atoms with Crippen molar-refractivity contribution in [1.82, 2.24) is 4.72 Å². The van der Waals surface area contributed by atoms with Gasteiger partial charge in [0.15, 0.2) is 0 Å². The molecule has 2 aromatic rings. The molecule has 1 saturated carbocycles. The quantitative estimate of drug-likeness (QED) is 0.858. The van der Waals surface area contributed by atoms with Crippen molar-refractivity contribution in [3.8, 4) is 0 Å². The summed E-state index contributed by atoms with van der Waals surface area (Å²) in [6, 6.07) is 7.44. The highest BCUT2D eigenvalue weighted by atomic mass is 32.2. The molecule has 21 heavy (non-hydrogen) atoms. The third-order valence-electron chi connectivity index (χ3n) is 3.92. The molecule has 6 heteroatoms. The maximum absolute atomic E-state index is 12.7. The molecule has 0 radical (unpaired) electrons. The number of hydrogen-bond donors (Lipinski definition) is 2. The Balaban J connectivity index is 1.95. The molecule has 1 aliphatic carbocycles. The van der Waals surface area contributed by atoms with E-state index in [0.29, 0.717) is 16.2 Å². The lowest BCUT2D eigenvalue weighted by Crippen LogP contribution is -2.27. The summed E-state index contributed by atoms with van der Waals surface area (Å²) >= 11 is 1.34. The molecular formula is C15H19NO3S2. The highest BCUT2D eigenvalue weighted by Crippen LogP contribution is 2.39. The second kappa shape index (κ2) is 5.68. The maximum Gasteiger partial charge on any atom is 0.242 e. The van der Waals surface area contributed by atoms with Crippen molar-refractivity contribution < 1.29 is 13.5 Å². The zero-order valence-electron chi connectivity index (χ0n) is 11.9. The lowest BCUT2D eigenvalue weighted by Gasteiger charge is -2.07. The first-order valence-corrected chi connectivity index (χ1v) is 9.50. The summed E-state index contributed by atoms with van der Waals surface area (Å²) in [7, 11) is -3.57. The first-order valence-electron chi connectivity index (χ1n) is 7.20. The number of thiophene rings is 1. The van der Waals surface area contributed by atoms with E-state index >= 15 is 0 Å². The predicted octanol–water partition coefficient (Wildman–Crippen LogP) is 2.86. The molecule has 0 aliphatic heterocycles. The Morgan fingerprint density at radius 1 is 1.38 bits per heavy atom. The average molecular weight is 325 g/mol. The molecule has 2 atom stereocenters. The first-order chi connectivity index (χ1) is 10.1. The van der Waals surface area contributed by atoms with Gasteiger partial charge in [-0.15, -0.1) is 11.3 Å². The van der Waals surface area contributed by atoms with Gasteiger partial charge in [-0.1, -0.05) is 31.5 Å². The van der Waals surface area contributed by atoms with E-state index < -0.39 is 10.0 Å². The van der Waals surface area contributed by atoms with Gasteiger partial charge < -0.3 is 5.11 Å². The highest BCUT2D eigenvalue weighted by molar-refractivity contribution is 7.90. The van der Waals surface area contributed by atoms with Crippen LogP contribution in [0.4, 0.5) is 0 Å². The van der Waals surface area contributed by atoms with E-state index in [1.807, 2.05) is 18.2 Å². The van der Waals surface area contributed by atoms with E-state index in [2.05, 4.69) is 11.6 Å². The van der Waals surface area contributed by atoms with E-state index in [1.165, 1.54) is 11.3 Å². The Labute approximate surface area is 128 Å². The summed E-state index contributed by atoms with van der Waals surface area (Å²) in [6.45, 7) is 1.86. The van der Waals surface area contributed by atoms with Crippen LogP contribution in [-0.2, 0) is 16.6 Å². The molecule has 1 aromatic heterocycles. The molecule has 2 N–H and O–H groups in total. The summed E-state index contributed by atoms with van der Waals surface area (Å²) in [4.78, 5) is 0.768. The van der Waals surface area contributed by atoms with E-state index in [4.69, 9.17) is 0 Å². The van der Waals surface area contributed by atoms with Crippen LogP contribution < -0.4 is 4.72 Å². The molecule has 2 unspecified atom stereocenters. The number of fused-ring (bicyclic) bond motifs is 1. The molecular weight excluding hydrogens is 306 g/mol. The molecule has 114 valence electrons. The summed E-state index contributed by atoms with van der Waals surface area (Å²) < 4.78 is 29.0. The van der Waals surface area contributed by atoms with Gasteiger partial charge in [-0.05, 0) is 24.8 Å². The lowest BCUT2D eigenvalue weighted by atomic mass is 10.2. The van der Waals surface area contributed by atoms with Crippen LogP contribution in [0, 0.1) is 5.92 Å². The SMILES string of the molecule is CCCC1CC1NS(=O)(=O)c1c(CO)sc2ccccc12. The van der Waals surface area contributed by atoms with E-state index in [9.17, 15) is 13.5 Å². The Kier molecular flexibility index (Phi) is 4.05. The lowest BCUT2D eigenvalue weighted by molar-refractivity contribution is 0.283. The van der Waals surface area contributed by atoms with Gasteiger partial charge in [-0.2, -0.15) is 0 Å². The number of hydrogen-bond acceptors (Lipinski definition) is 4. The van der Waals surface area contributed by atoms with Gasteiger partial charge in [0.05, 0.1) is 11.5 Å². The van der Waals surface area contributed by atoms with E-state index in [-0.39, 0.29) is 17.5 Å². The van der Waals surface area contributed by atoms with Crippen LogP contribution in [-0.4, -0.2) is 19.6 Å². The number of sulfonamides is 1. The molecule has 0 saturated heterocycles. The third-order valence-corrected chi connectivity index (χ3v) is 6.82. The molecule has 0 amide bonds. The Morgan fingerprint density at radius 2 is 2.14 bits per heavy atom. The number of rotatable bonds is 6. The van der Waals surface area contributed by atoms with E-state index in [0.717, 1.165) is 24.0 Å². The largest absolute Gasteiger partial charge is 0.391 e. The van der Waals surface area contributed by atoms with Crippen LogP contribution in [0.25, 0.3) is 10.1 Å². The second-order valence-corrected chi connectivity index (χ2v) is 8.31. The zero-order valence-corrected chi connectivity index (χ0v) is 13.5. The van der Waals surface area contributed by atoms with Gasteiger partial charge in [0.1, 0.15) is 4.90 Å². The van der Waals surface area contributed by atoms with Gasteiger partial charge in [-0.25, -0.2) is 13.1 Å². The van der Waals surface area contributed by atoms with Crippen molar-refractivity contribution >= 4 is 31.4 Å². The van der Waals surface area contributed by atoms with Crippen molar-refractivity contribution in [1.29, 1.82) is 0 Å². The molecule has 0 bridgehead atoms. The summed E-state index contributed by atoms with van der Waals surface area (Å²) in [5.74, 6) is 0.465. The summed E-state index contributed by atoms with van der Waals surface area (Å²) in [6.07, 6.45) is 3.06. The highest BCUT2D eigenvalue weighted by Gasteiger charge is 2.40. The number of benzene rings is 1. The van der Waals surface area contributed by atoms with Crippen molar-refractivity contribution in [3.63, 3.8) is 0 Å². The normalized spacial score (nSPS) is 21.8. The standard InChI is InChI=1S/C15H19NO3S2/c1-2-5-10-8-12(10)16-21(18,19)15-11-6-3-4-7-13(11)20-14(15)9-17/h3-4,6-7,10,12,16-17H,2,5,8-9H2,1H3. The molecule has 1 aromatic carbocycles. The van der Waals surface area contributed by atoms with Crippen LogP contribution >= 0.6 is 11.3 Å². The molecule has 4 nitrogen and oxygen atoms in total. The maximum atomic E-state index is 12.7. The van der Waals surface area contributed by atoms with Crippen LogP contribution in [0.15, 0.2) is 29.2 Å². The minimum Gasteiger partial charge on any atom is -0.391 e. The van der Waals surface area contributed by atoms with Gasteiger partial charge in [0.25, 0.3) is 0 Å². The van der Waals surface area contributed by atoms with E-state index in [1.54, 1.807) is 6.07 Å². The molecule has 3 rings (SSSR count). The summed E-state index contributed by atoms with van der Waals surface area (Å²) in [5.41, 5.74) is 0. The molecule has 1 fully saturated rings. The average Bonchev–Trinajstić information content (AvgIpc) is 3.04. The van der Waals surface area contributed by atoms with Gasteiger partial charge in [-0.3, -0.25) is 0 Å². The first kappa shape index (κ1) is 15.0. The van der Waals surface area contributed by atoms with Crippen molar-refractivity contribution in [3.05, 3.63) is 29.1 Å². The zero-order chi connectivity index (χ0) is 15.0. The third kappa shape index (κ3) is 2.85. The minimum atomic E-state index is -3.57. The van der Waals surface area contributed by atoms with Crippen LogP contribution in [0.1, 0.15) is 31.1 Å². The predicted molar refractivity (Wildman–Crippen MR) is 84.9 cm³/mol. The van der Waals surface area contributed by atoms with Crippen LogP contribution in [0.3, 0.4) is 0 Å².